The summed E-state index contributed by atoms with van der Waals surface area (Å²) in [5.41, 5.74) is 3.09. The van der Waals surface area contributed by atoms with E-state index in [2.05, 4.69) is 0 Å². The molecule has 14 heavy (non-hydrogen) atoms. The minimum Gasteiger partial charge on any atom is -0.326 e. The molecule has 0 saturated heterocycles. The molecule has 78 valence electrons. The summed E-state index contributed by atoms with van der Waals surface area (Å²) < 4.78 is 61.7. The maximum atomic E-state index is 12.8. The van der Waals surface area contributed by atoms with Gasteiger partial charge in [-0.25, -0.2) is 8.78 Å². The van der Waals surface area contributed by atoms with Crippen LogP contribution in [0.25, 0.3) is 0 Å². The van der Waals surface area contributed by atoms with Gasteiger partial charge in [0.25, 0.3) is 0 Å². The van der Waals surface area contributed by atoms with E-state index < -0.39 is 23.4 Å². The Morgan fingerprint density at radius 3 is 2.07 bits per heavy atom. The fourth-order valence-electron chi connectivity index (χ4n) is 0.966. The fourth-order valence-corrected chi connectivity index (χ4v) is 0.966. The molecule has 2 N–H and O–H groups in total. The van der Waals surface area contributed by atoms with E-state index in [1.807, 2.05) is 0 Å². The van der Waals surface area contributed by atoms with Crippen LogP contribution in [0.1, 0.15) is 11.1 Å². The minimum atomic E-state index is -4.89. The molecule has 0 heterocycles. The number of rotatable bonds is 1. The van der Waals surface area contributed by atoms with Crippen LogP contribution in [-0.4, -0.2) is 0 Å². The lowest BCUT2D eigenvalue weighted by Crippen LogP contribution is -2.12. The van der Waals surface area contributed by atoms with Crippen LogP contribution < -0.4 is 5.73 Å². The number of benzene rings is 1. The molecule has 0 bridgehead atoms. The first-order chi connectivity index (χ1) is 6.38. The Bertz CT molecular complexity index is 344. The van der Waals surface area contributed by atoms with Gasteiger partial charge in [-0.3, -0.25) is 0 Å². The maximum Gasteiger partial charge on any atom is 0.419 e. The highest BCUT2D eigenvalue weighted by Gasteiger charge is 2.35. The van der Waals surface area contributed by atoms with Crippen LogP contribution in [0.4, 0.5) is 22.0 Å². The normalized spacial score (nSPS) is 11.9. The monoisotopic (exact) mass is 211 g/mol. The summed E-state index contributed by atoms with van der Waals surface area (Å²) in [6.07, 6.45) is -4.89. The van der Waals surface area contributed by atoms with Gasteiger partial charge in [0.15, 0.2) is 11.6 Å². The van der Waals surface area contributed by atoms with Gasteiger partial charge in [0.2, 0.25) is 0 Å². The molecular formula is C8H6F5N. The Kier molecular flexibility index (Phi) is 2.75. The molecule has 0 aromatic heterocycles. The Morgan fingerprint density at radius 2 is 1.64 bits per heavy atom. The van der Waals surface area contributed by atoms with Crippen LogP contribution >= 0.6 is 0 Å². The van der Waals surface area contributed by atoms with Crippen molar-refractivity contribution in [3.63, 3.8) is 0 Å². The zero-order chi connectivity index (χ0) is 10.9. The average molecular weight is 211 g/mol. The largest absolute Gasteiger partial charge is 0.419 e. The first-order valence-corrected chi connectivity index (χ1v) is 3.62. The second-order valence-electron chi connectivity index (χ2n) is 2.60. The van der Waals surface area contributed by atoms with E-state index >= 15 is 0 Å². The van der Waals surface area contributed by atoms with Crippen molar-refractivity contribution in [3.8, 4) is 0 Å². The molecule has 0 aliphatic heterocycles. The van der Waals surface area contributed by atoms with Crippen molar-refractivity contribution in [3.05, 3.63) is 34.9 Å². The van der Waals surface area contributed by atoms with E-state index in [4.69, 9.17) is 5.73 Å². The van der Waals surface area contributed by atoms with Crippen molar-refractivity contribution in [2.45, 2.75) is 12.7 Å². The number of hydrogen-bond acceptors (Lipinski definition) is 1. The van der Waals surface area contributed by atoms with Gasteiger partial charge in [0.1, 0.15) is 0 Å². The molecule has 0 aliphatic rings. The number of nitrogens with two attached hydrogens (primary N) is 1. The van der Waals surface area contributed by atoms with Crippen molar-refractivity contribution in [1.82, 2.24) is 0 Å². The Balaban J connectivity index is 3.31. The molecule has 1 aromatic carbocycles. The number of alkyl halides is 3. The van der Waals surface area contributed by atoms with Crippen LogP contribution in [0.2, 0.25) is 0 Å². The molecule has 0 spiro atoms. The summed E-state index contributed by atoms with van der Waals surface area (Å²) in [4.78, 5) is 0. The summed E-state index contributed by atoms with van der Waals surface area (Å²) in [6, 6.07) is 1.29. The predicted molar refractivity (Wildman–Crippen MR) is 39.3 cm³/mol. The smallest absolute Gasteiger partial charge is 0.326 e. The molecule has 0 aliphatic carbocycles. The highest BCUT2D eigenvalue weighted by atomic mass is 19.4. The van der Waals surface area contributed by atoms with Crippen molar-refractivity contribution < 1.29 is 22.0 Å². The number of halogens is 5. The van der Waals surface area contributed by atoms with E-state index in [9.17, 15) is 22.0 Å². The molecule has 1 aromatic rings. The van der Waals surface area contributed by atoms with Crippen LogP contribution in [0.15, 0.2) is 12.1 Å². The van der Waals surface area contributed by atoms with E-state index in [0.717, 1.165) is 6.07 Å². The van der Waals surface area contributed by atoms with Gasteiger partial charge in [-0.1, -0.05) is 6.07 Å². The SMILES string of the molecule is NCc1ccc(C(F)(F)F)c(F)c1F. The standard InChI is InChI=1S/C8H6F5N/c9-6-4(3-14)1-2-5(7(6)10)8(11,12)13/h1-2H,3,14H2. The molecule has 1 rings (SSSR count). The topological polar surface area (TPSA) is 26.0 Å². The van der Waals surface area contributed by atoms with Gasteiger partial charge in [0.05, 0.1) is 5.56 Å². The maximum absolute atomic E-state index is 12.8. The van der Waals surface area contributed by atoms with Crippen LogP contribution in [-0.2, 0) is 12.7 Å². The summed E-state index contributed by atoms with van der Waals surface area (Å²) in [5, 5.41) is 0. The zero-order valence-corrected chi connectivity index (χ0v) is 6.83. The Morgan fingerprint density at radius 1 is 1.07 bits per heavy atom. The van der Waals surface area contributed by atoms with Crippen molar-refractivity contribution in [1.29, 1.82) is 0 Å². The second-order valence-corrected chi connectivity index (χ2v) is 2.60. The first kappa shape index (κ1) is 10.9. The van der Waals surface area contributed by atoms with Crippen LogP contribution in [0.3, 0.4) is 0 Å². The quantitative estimate of drug-likeness (QED) is 0.709. The molecule has 0 atom stereocenters. The van der Waals surface area contributed by atoms with Gasteiger partial charge in [0, 0.05) is 12.1 Å². The van der Waals surface area contributed by atoms with Crippen molar-refractivity contribution >= 4 is 0 Å². The van der Waals surface area contributed by atoms with Crippen molar-refractivity contribution in [2.75, 3.05) is 0 Å². The third-order valence-corrected chi connectivity index (χ3v) is 1.69. The van der Waals surface area contributed by atoms with Crippen LogP contribution in [0, 0.1) is 11.6 Å². The van der Waals surface area contributed by atoms with Gasteiger partial charge < -0.3 is 5.73 Å². The lowest BCUT2D eigenvalue weighted by atomic mass is 10.1. The van der Waals surface area contributed by atoms with Gasteiger partial charge >= 0.3 is 6.18 Å². The Hall–Kier alpha value is -1.17. The molecule has 0 unspecified atom stereocenters. The third kappa shape index (κ3) is 1.84. The number of hydrogen-bond donors (Lipinski definition) is 1. The van der Waals surface area contributed by atoms with Gasteiger partial charge in [-0.2, -0.15) is 13.2 Å². The lowest BCUT2D eigenvalue weighted by Gasteiger charge is -2.09. The summed E-state index contributed by atoms with van der Waals surface area (Å²) >= 11 is 0. The fraction of sp³-hybridized carbons (Fsp3) is 0.250. The van der Waals surface area contributed by atoms with Crippen LogP contribution in [0.5, 0.6) is 0 Å². The first-order valence-electron chi connectivity index (χ1n) is 3.62. The molecule has 6 heteroatoms. The molecular weight excluding hydrogens is 205 g/mol. The van der Waals surface area contributed by atoms with E-state index in [1.54, 1.807) is 0 Å². The molecule has 0 fully saturated rings. The molecule has 0 saturated carbocycles. The summed E-state index contributed by atoms with van der Waals surface area (Å²) in [5.74, 6) is -3.44. The Labute approximate surface area is 76.3 Å². The highest BCUT2D eigenvalue weighted by molar-refractivity contribution is 5.28. The zero-order valence-electron chi connectivity index (χ0n) is 6.83. The highest BCUT2D eigenvalue weighted by Crippen LogP contribution is 2.32. The minimum absolute atomic E-state index is 0.282. The van der Waals surface area contributed by atoms with Crippen molar-refractivity contribution in [2.24, 2.45) is 5.73 Å². The van der Waals surface area contributed by atoms with E-state index in [-0.39, 0.29) is 12.1 Å². The van der Waals surface area contributed by atoms with E-state index in [1.165, 1.54) is 0 Å². The lowest BCUT2D eigenvalue weighted by molar-refractivity contribution is -0.140. The third-order valence-electron chi connectivity index (χ3n) is 1.69. The molecule has 1 nitrogen and oxygen atoms in total. The molecule has 0 radical (unpaired) electrons. The molecule has 0 amide bonds. The summed E-state index contributed by atoms with van der Waals surface area (Å²) in [7, 11) is 0. The van der Waals surface area contributed by atoms with Gasteiger partial charge in [-0.15, -0.1) is 0 Å². The van der Waals surface area contributed by atoms with Gasteiger partial charge in [-0.05, 0) is 6.07 Å². The summed E-state index contributed by atoms with van der Waals surface area (Å²) in [6.45, 7) is -0.346. The second kappa shape index (κ2) is 3.53. The van der Waals surface area contributed by atoms with E-state index in [0.29, 0.717) is 6.07 Å². The predicted octanol–water partition coefficient (Wildman–Crippen LogP) is 2.44. The average Bonchev–Trinajstić information content (AvgIpc) is 2.07.